The molecule has 0 radical (unpaired) electrons. The summed E-state index contributed by atoms with van der Waals surface area (Å²) >= 11 is 6.66. The zero-order valence-electron chi connectivity index (χ0n) is 8.44. The van der Waals surface area contributed by atoms with Crippen molar-refractivity contribution in [1.29, 1.82) is 0 Å². The zero-order valence-corrected chi connectivity index (χ0v) is 10.0. The van der Waals surface area contributed by atoms with Gasteiger partial charge in [0.05, 0.1) is 4.92 Å². The van der Waals surface area contributed by atoms with Gasteiger partial charge in [-0.1, -0.05) is 11.6 Å². The average Bonchev–Trinajstić information content (AvgIpc) is 2.64. The predicted octanol–water partition coefficient (Wildman–Crippen LogP) is 1.32. The molecule has 2 rings (SSSR count). The van der Waals surface area contributed by atoms with Crippen molar-refractivity contribution in [3.05, 3.63) is 27.9 Å². The molecule has 0 aliphatic rings. The Morgan fingerprint density at radius 3 is 2.76 bits per heavy atom. The van der Waals surface area contributed by atoms with Crippen molar-refractivity contribution in [3.8, 4) is 0 Å². The lowest BCUT2D eigenvalue weighted by molar-refractivity contribution is -0.388. The lowest BCUT2D eigenvalue weighted by atomic mass is 10.5. The summed E-state index contributed by atoms with van der Waals surface area (Å²) < 4.78 is 1.48. The van der Waals surface area contributed by atoms with E-state index in [-0.39, 0.29) is 15.9 Å². The fourth-order valence-electron chi connectivity index (χ4n) is 1.04. The van der Waals surface area contributed by atoms with E-state index in [1.165, 1.54) is 11.0 Å². The minimum Gasteiger partial charge on any atom is -0.258 e. The van der Waals surface area contributed by atoms with Crippen LogP contribution in [0.3, 0.4) is 0 Å². The van der Waals surface area contributed by atoms with Gasteiger partial charge in [-0.05, 0) is 11.8 Å². The van der Waals surface area contributed by atoms with E-state index in [1.807, 2.05) is 0 Å². The molecule has 0 N–H and O–H groups in total. The third kappa shape index (κ3) is 2.34. The molecule has 8 nitrogen and oxygen atoms in total. The van der Waals surface area contributed by atoms with Gasteiger partial charge in [0.1, 0.15) is 12.7 Å². The quantitative estimate of drug-likeness (QED) is 0.472. The maximum atomic E-state index is 10.8. The third-order valence-corrected chi connectivity index (χ3v) is 3.11. The van der Waals surface area contributed by atoms with Gasteiger partial charge in [0.25, 0.3) is 0 Å². The molecule has 0 atom stereocenters. The van der Waals surface area contributed by atoms with Crippen molar-refractivity contribution < 1.29 is 4.92 Å². The molecule has 0 unspecified atom stereocenters. The second-order valence-electron chi connectivity index (χ2n) is 2.84. The first-order valence-electron chi connectivity index (χ1n) is 4.26. The molecule has 2 aromatic rings. The van der Waals surface area contributed by atoms with Gasteiger partial charge in [0, 0.05) is 7.05 Å². The first kappa shape index (κ1) is 11.7. The van der Waals surface area contributed by atoms with E-state index in [1.54, 1.807) is 7.05 Å². The number of aryl methyl sites for hydroxylation is 1. The van der Waals surface area contributed by atoms with Crippen LogP contribution in [0.5, 0.6) is 0 Å². The summed E-state index contributed by atoms with van der Waals surface area (Å²) in [6.07, 6.45) is 2.50. The highest BCUT2D eigenvalue weighted by atomic mass is 35.5. The number of nitro groups is 1. The van der Waals surface area contributed by atoms with Gasteiger partial charge < -0.3 is 0 Å². The van der Waals surface area contributed by atoms with Crippen LogP contribution in [0.1, 0.15) is 0 Å². The molecule has 2 aromatic heterocycles. The van der Waals surface area contributed by atoms with E-state index in [0.29, 0.717) is 5.16 Å². The summed E-state index contributed by atoms with van der Waals surface area (Å²) in [5.41, 5.74) is -0.331. The van der Waals surface area contributed by atoms with Gasteiger partial charge in [-0.2, -0.15) is 5.10 Å². The van der Waals surface area contributed by atoms with Gasteiger partial charge in [-0.15, -0.1) is 0 Å². The van der Waals surface area contributed by atoms with Gasteiger partial charge >= 0.3 is 5.69 Å². The molecule has 17 heavy (non-hydrogen) atoms. The molecule has 0 fully saturated rings. The minimum atomic E-state index is -0.624. The summed E-state index contributed by atoms with van der Waals surface area (Å²) in [6, 6.07) is 0. The standard InChI is InChI=1S/C7H5ClN6O2S/c1-13-7(11-3-12-13)17-6-4(14(15)16)5(8)9-2-10-6/h2-3H,1H3. The molecule has 88 valence electrons. The summed E-state index contributed by atoms with van der Waals surface area (Å²) in [4.78, 5) is 21.5. The molecule has 10 heteroatoms. The molecular weight excluding hydrogens is 268 g/mol. The molecule has 0 saturated carbocycles. The van der Waals surface area contributed by atoms with Crippen molar-refractivity contribution >= 4 is 29.1 Å². The van der Waals surface area contributed by atoms with Crippen molar-refractivity contribution in [3.63, 3.8) is 0 Å². The zero-order chi connectivity index (χ0) is 12.4. The summed E-state index contributed by atoms with van der Waals surface area (Å²) in [6.45, 7) is 0. The first-order valence-corrected chi connectivity index (χ1v) is 5.45. The fourth-order valence-corrected chi connectivity index (χ4v) is 2.11. The van der Waals surface area contributed by atoms with Crippen LogP contribution in [0, 0.1) is 10.1 Å². The smallest absolute Gasteiger partial charge is 0.258 e. The molecular formula is C7H5ClN6O2S. The Kier molecular flexibility index (Phi) is 3.20. The van der Waals surface area contributed by atoms with Crippen LogP contribution in [0.4, 0.5) is 5.69 Å². The molecule has 0 spiro atoms. The maximum Gasteiger partial charge on any atom is 0.338 e. The first-order chi connectivity index (χ1) is 8.09. The second kappa shape index (κ2) is 4.63. The lowest BCUT2D eigenvalue weighted by Crippen LogP contribution is -1.98. The normalized spacial score (nSPS) is 10.5. The topological polar surface area (TPSA) is 99.6 Å². The Morgan fingerprint density at radius 1 is 1.41 bits per heavy atom. The number of aromatic nitrogens is 5. The van der Waals surface area contributed by atoms with E-state index in [4.69, 9.17) is 11.6 Å². The summed E-state index contributed by atoms with van der Waals surface area (Å²) in [5, 5.41) is 15.1. The number of halogens is 1. The average molecular weight is 273 g/mol. The van der Waals surface area contributed by atoms with Gasteiger partial charge in [-0.3, -0.25) is 10.1 Å². The Balaban J connectivity index is 2.43. The Labute approximate surface area is 104 Å². The van der Waals surface area contributed by atoms with Crippen molar-refractivity contribution in [2.75, 3.05) is 0 Å². The van der Waals surface area contributed by atoms with Crippen molar-refractivity contribution in [2.24, 2.45) is 7.05 Å². The van der Waals surface area contributed by atoms with Crippen LogP contribution in [0.25, 0.3) is 0 Å². The molecule has 0 aromatic carbocycles. The third-order valence-electron chi connectivity index (χ3n) is 1.78. The van der Waals surface area contributed by atoms with E-state index in [2.05, 4.69) is 20.1 Å². The maximum absolute atomic E-state index is 10.8. The fraction of sp³-hybridized carbons (Fsp3) is 0.143. The highest BCUT2D eigenvalue weighted by molar-refractivity contribution is 7.99. The van der Waals surface area contributed by atoms with Crippen LogP contribution in [0.2, 0.25) is 5.15 Å². The van der Waals surface area contributed by atoms with E-state index in [0.717, 1.165) is 18.1 Å². The summed E-state index contributed by atoms with van der Waals surface area (Å²) in [7, 11) is 1.67. The highest BCUT2D eigenvalue weighted by Gasteiger charge is 2.23. The van der Waals surface area contributed by atoms with Gasteiger partial charge in [0.15, 0.2) is 10.2 Å². The Bertz CT molecular complexity index is 573. The Morgan fingerprint density at radius 2 is 2.18 bits per heavy atom. The lowest BCUT2D eigenvalue weighted by Gasteiger charge is -2.01. The number of hydrogen-bond acceptors (Lipinski definition) is 7. The van der Waals surface area contributed by atoms with Crippen LogP contribution in [-0.2, 0) is 7.05 Å². The van der Waals surface area contributed by atoms with E-state index >= 15 is 0 Å². The molecule has 0 aliphatic heterocycles. The monoisotopic (exact) mass is 272 g/mol. The van der Waals surface area contributed by atoms with Crippen LogP contribution >= 0.6 is 23.4 Å². The minimum absolute atomic E-state index is 0.131. The molecule has 0 bridgehead atoms. The number of nitrogens with zero attached hydrogens (tertiary/aromatic N) is 6. The van der Waals surface area contributed by atoms with Crippen molar-refractivity contribution in [2.45, 2.75) is 10.2 Å². The molecule has 0 aliphatic carbocycles. The second-order valence-corrected chi connectivity index (χ2v) is 4.16. The molecule has 2 heterocycles. The van der Waals surface area contributed by atoms with E-state index in [9.17, 15) is 10.1 Å². The Hall–Kier alpha value is -1.74. The van der Waals surface area contributed by atoms with Crippen LogP contribution in [0.15, 0.2) is 22.8 Å². The predicted molar refractivity (Wildman–Crippen MR) is 58.8 cm³/mol. The molecule has 0 amide bonds. The van der Waals surface area contributed by atoms with Crippen LogP contribution in [-0.4, -0.2) is 29.7 Å². The van der Waals surface area contributed by atoms with E-state index < -0.39 is 4.92 Å². The largest absolute Gasteiger partial charge is 0.338 e. The van der Waals surface area contributed by atoms with Crippen molar-refractivity contribution in [1.82, 2.24) is 24.7 Å². The van der Waals surface area contributed by atoms with Gasteiger partial charge in [0.2, 0.25) is 5.15 Å². The SMILES string of the molecule is Cn1ncnc1Sc1ncnc(Cl)c1[N+](=O)[O-]. The number of rotatable bonds is 3. The highest BCUT2D eigenvalue weighted by Crippen LogP contribution is 2.34. The number of hydrogen-bond donors (Lipinski definition) is 0. The van der Waals surface area contributed by atoms with Crippen LogP contribution < -0.4 is 0 Å². The summed E-state index contributed by atoms with van der Waals surface area (Å²) in [5.74, 6) is 0. The van der Waals surface area contributed by atoms with Gasteiger partial charge in [-0.25, -0.2) is 19.6 Å². The molecule has 0 saturated heterocycles.